The lowest BCUT2D eigenvalue weighted by molar-refractivity contribution is -0.123. The number of hydrogen-bond acceptors (Lipinski definition) is 4. The Morgan fingerprint density at radius 3 is 2.79 bits per heavy atom. The van der Waals surface area contributed by atoms with Crippen LogP contribution in [0.25, 0.3) is 10.9 Å². The maximum absolute atomic E-state index is 12.7. The Morgan fingerprint density at radius 2 is 2.07 bits per heavy atom. The molecule has 3 aromatic rings. The molecule has 0 unspecified atom stereocenters. The molecular weight excluding hydrogens is 352 g/mol. The van der Waals surface area contributed by atoms with Gasteiger partial charge in [-0.1, -0.05) is 18.2 Å². The highest BCUT2D eigenvalue weighted by atomic mass is 16.3. The van der Waals surface area contributed by atoms with Gasteiger partial charge in [0, 0.05) is 30.2 Å². The highest BCUT2D eigenvalue weighted by Crippen LogP contribution is 2.38. The number of pyridine rings is 1. The topological polar surface area (TPSA) is 80.0 Å². The van der Waals surface area contributed by atoms with Gasteiger partial charge in [0.2, 0.25) is 5.91 Å². The Bertz CT molecular complexity index is 991. The fourth-order valence-electron chi connectivity index (χ4n) is 3.99. The summed E-state index contributed by atoms with van der Waals surface area (Å²) in [5, 5.41) is 18.4. The Balaban J connectivity index is 1.49. The highest BCUT2D eigenvalue weighted by Gasteiger charge is 2.35. The Morgan fingerprint density at radius 1 is 1.29 bits per heavy atom. The number of aromatic nitrogens is 3. The largest absolute Gasteiger partial charge is 0.393 e. The lowest BCUT2D eigenvalue weighted by Gasteiger charge is -2.38. The molecule has 28 heavy (non-hydrogen) atoms. The zero-order valence-corrected chi connectivity index (χ0v) is 16.3. The van der Waals surface area contributed by atoms with Crippen LogP contribution in [0.3, 0.4) is 0 Å². The van der Waals surface area contributed by atoms with Crippen LogP contribution in [0.1, 0.15) is 42.3 Å². The second-order valence-corrected chi connectivity index (χ2v) is 7.79. The van der Waals surface area contributed by atoms with E-state index in [0.717, 1.165) is 27.9 Å². The molecule has 6 heteroatoms. The van der Waals surface area contributed by atoms with Crippen LogP contribution in [0.2, 0.25) is 0 Å². The summed E-state index contributed by atoms with van der Waals surface area (Å²) in [5.74, 6) is 0.225. The van der Waals surface area contributed by atoms with Crippen molar-refractivity contribution in [1.82, 2.24) is 20.1 Å². The standard InChI is InChI=1S/C22H26N4O2/c1-14-9-15(2)26(25-14)8-7-21(28)24-22(17-11-19(27)12-17)18-10-16-5-3-4-6-20(16)23-13-18/h3-6,9-10,13,17,19,22,27H,7-8,11-12H2,1-2H3,(H,24,28)/t17?,19?,22-/m1/s1. The first kappa shape index (κ1) is 18.6. The van der Waals surface area contributed by atoms with E-state index in [1.54, 1.807) is 0 Å². The first-order valence-electron chi connectivity index (χ1n) is 9.83. The van der Waals surface area contributed by atoms with E-state index in [9.17, 15) is 9.90 Å². The summed E-state index contributed by atoms with van der Waals surface area (Å²) < 4.78 is 1.87. The molecule has 2 aromatic heterocycles. The number of benzene rings is 1. The zero-order valence-electron chi connectivity index (χ0n) is 16.3. The van der Waals surface area contributed by atoms with Gasteiger partial charge in [-0.05, 0) is 56.4 Å². The number of aliphatic hydroxyl groups excluding tert-OH is 1. The van der Waals surface area contributed by atoms with Gasteiger partial charge in [0.25, 0.3) is 0 Å². The summed E-state index contributed by atoms with van der Waals surface area (Å²) in [7, 11) is 0. The third kappa shape index (κ3) is 3.92. The third-order valence-corrected chi connectivity index (χ3v) is 5.56. The lowest BCUT2D eigenvalue weighted by Crippen LogP contribution is -2.41. The molecule has 0 aliphatic heterocycles. The molecule has 6 nitrogen and oxygen atoms in total. The van der Waals surface area contributed by atoms with Crippen molar-refractivity contribution in [2.75, 3.05) is 0 Å². The number of carbonyl (C=O) groups is 1. The number of rotatable bonds is 6. The van der Waals surface area contributed by atoms with E-state index in [1.807, 2.05) is 55.1 Å². The number of aliphatic hydroxyl groups is 1. The van der Waals surface area contributed by atoms with Gasteiger partial charge in [0.05, 0.1) is 23.4 Å². The Kier molecular flexibility index (Phi) is 5.13. The normalized spacial score (nSPS) is 20.0. The quantitative estimate of drug-likeness (QED) is 0.691. The van der Waals surface area contributed by atoms with Crippen LogP contribution >= 0.6 is 0 Å². The highest BCUT2D eigenvalue weighted by molar-refractivity contribution is 5.80. The van der Waals surface area contributed by atoms with Gasteiger partial charge in [-0.3, -0.25) is 14.5 Å². The molecule has 0 spiro atoms. The molecule has 4 rings (SSSR count). The van der Waals surface area contributed by atoms with Gasteiger partial charge in [0.15, 0.2) is 0 Å². The molecule has 2 N–H and O–H groups in total. The number of nitrogens with one attached hydrogen (secondary N) is 1. The summed E-state index contributed by atoms with van der Waals surface area (Å²) in [6.07, 6.45) is 3.35. The first-order valence-corrected chi connectivity index (χ1v) is 9.83. The van der Waals surface area contributed by atoms with E-state index in [1.165, 1.54) is 0 Å². The number of aryl methyl sites for hydroxylation is 3. The maximum atomic E-state index is 12.7. The van der Waals surface area contributed by atoms with Crippen LogP contribution in [0, 0.1) is 19.8 Å². The second-order valence-electron chi connectivity index (χ2n) is 7.79. The van der Waals surface area contributed by atoms with E-state index < -0.39 is 0 Å². The summed E-state index contributed by atoms with van der Waals surface area (Å²) in [4.78, 5) is 17.2. The number of para-hydroxylation sites is 1. The Labute approximate surface area is 164 Å². The molecule has 146 valence electrons. The molecule has 1 aliphatic rings. The predicted octanol–water partition coefficient (Wildman–Crippen LogP) is 3.07. The zero-order chi connectivity index (χ0) is 19.7. The van der Waals surface area contributed by atoms with Crippen LogP contribution < -0.4 is 5.32 Å². The summed E-state index contributed by atoms with van der Waals surface area (Å²) in [6, 6.07) is 11.9. The van der Waals surface area contributed by atoms with Crippen LogP contribution in [0.4, 0.5) is 0 Å². The molecule has 1 saturated carbocycles. The van der Waals surface area contributed by atoms with Crippen LogP contribution in [0.15, 0.2) is 42.6 Å². The van der Waals surface area contributed by atoms with Crippen molar-refractivity contribution in [3.63, 3.8) is 0 Å². The van der Waals surface area contributed by atoms with Gasteiger partial charge in [0.1, 0.15) is 0 Å². The number of fused-ring (bicyclic) bond motifs is 1. The van der Waals surface area contributed by atoms with E-state index in [0.29, 0.717) is 25.8 Å². The molecule has 1 fully saturated rings. The van der Waals surface area contributed by atoms with Crippen molar-refractivity contribution < 1.29 is 9.90 Å². The predicted molar refractivity (Wildman–Crippen MR) is 108 cm³/mol. The van der Waals surface area contributed by atoms with Crippen molar-refractivity contribution in [3.8, 4) is 0 Å². The monoisotopic (exact) mass is 378 g/mol. The molecule has 1 amide bonds. The summed E-state index contributed by atoms with van der Waals surface area (Å²) in [6.45, 7) is 4.51. The smallest absolute Gasteiger partial charge is 0.222 e. The molecule has 1 atom stereocenters. The van der Waals surface area contributed by atoms with Crippen molar-refractivity contribution in [1.29, 1.82) is 0 Å². The lowest BCUT2D eigenvalue weighted by atomic mass is 9.75. The second kappa shape index (κ2) is 7.72. The van der Waals surface area contributed by atoms with Crippen LogP contribution in [-0.4, -0.2) is 31.9 Å². The number of carbonyl (C=O) groups excluding carboxylic acids is 1. The number of nitrogens with zero attached hydrogens (tertiary/aromatic N) is 3. The van der Waals surface area contributed by atoms with Crippen molar-refractivity contribution in [2.45, 2.75) is 51.8 Å². The number of hydrogen-bond donors (Lipinski definition) is 2. The molecule has 1 aromatic carbocycles. The van der Waals surface area contributed by atoms with Crippen molar-refractivity contribution in [2.24, 2.45) is 5.92 Å². The average molecular weight is 378 g/mol. The van der Waals surface area contributed by atoms with E-state index in [-0.39, 0.29) is 24.0 Å². The molecule has 0 radical (unpaired) electrons. The minimum Gasteiger partial charge on any atom is -0.393 e. The van der Waals surface area contributed by atoms with Crippen LogP contribution in [-0.2, 0) is 11.3 Å². The van der Waals surface area contributed by atoms with E-state index >= 15 is 0 Å². The molecular formula is C22H26N4O2. The van der Waals surface area contributed by atoms with E-state index in [4.69, 9.17) is 0 Å². The summed E-state index contributed by atoms with van der Waals surface area (Å²) in [5.41, 5.74) is 3.95. The number of amides is 1. The van der Waals surface area contributed by atoms with Gasteiger partial charge in [-0.25, -0.2) is 0 Å². The SMILES string of the molecule is Cc1cc(C)n(CCC(=O)N[C@@H](c2cnc3ccccc3c2)C2CC(O)C2)n1. The van der Waals surface area contributed by atoms with Crippen molar-refractivity contribution >= 4 is 16.8 Å². The van der Waals surface area contributed by atoms with Crippen molar-refractivity contribution in [3.05, 3.63) is 59.5 Å². The van der Waals surface area contributed by atoms with Gasteiger partial charge in [-0.15, -0.1) is 0 Å². The van der Waals surface area contributed by atoms with Gasteiger partial charge in [-0.2, -0.15) is 5.10 Å². The maximum Gasteiger partial charge on any atom is 0.222 e. The van der Waals surface area contributed by atoms with E-state index in [2.05, 4.69) is 21.5 Å². The fourth-order valence-corrected chi connectivity index (χ4v) is 3.99. The van der Waals surface area contributed by atoms with Gasteiger partial charge < -0.3 is 10.4 Å². The molecule has 1 aliphatic carbocycles. The average Bonchev–Trinajstić information content (AvgIpc) is 2.99. The minimum absolute atomic E-state index is 0.00731. The fraction of sp³-hybridized carbons (Fsp3) is 0.409. The molecule has 0 saturated heterocycles. The van der Waals surface area contributed by atoms with Gasteiger partial charge >= 0.3 is 0 Å². The molecule has 2 heterocycles. The minimum atomic E-state index is -0.271. The molecule has 0 bridgehead atoms. The first-order chi connectivity index (χ1) is 13.5. The summed E-state index contributed by atoms with van der Waals surface area (Å²) >= 11 is 0. The Hall–Kier alpha value is -2.73. The third-order valence-electron chi connectivity index (χ3n) is 5.56. The van der Waals surface area contributed by atoms with Crippen LogP contribution in [0.5, 0.6) is 0 Å².